The molecule has 4 heteroatoms. The van der Waals surface area contributed by atoms with Crippen LogP contribution in [0.1, 0.15) is 70.3 Å². The SMILES string of the molecule is CC(C)(C)c1ccc(-c2nc(CN3CC4CCCC4C3)nn2C2CC2)cc1. The fourth-order valence-corrected chi connectivity index (χ4v) is 4.99. The van der Waals surface area contributed by atoms with Gasteiger partial charge in [0.15, 0.2) is 11.6 Å². The van der Waals surface area contributed by atoms with Crippen LogP contribution >= 0.6 is 0 Å². The monoisotopic (exact) mass is 364 g/mol. The van der Waals surface area contributed by atoms with Crippen LogP contribution in [0.25, 0.3) is 11.4 Å². The lowest BCUT2D eigenvalue weighted by atomic mass is 9.87. The van der Waals surface area contributed by atoms with Crippen LogP contribution in [0.3, 0.4) is 0 Å². The van der Waals surface area contributed by atoms with E-state index < -0.39 is 0 Å². The Hall–Kier alpha value is -1.68. The molecule has 2 saturated carbocycles. The molecule has 1 saturated heterocycles. The first-order valence-corrected chi connectivity index (χ1v) is 10.8. The van der Waals surface area contributed by atoms with Crippen LogP contribution in [0.2, 0.25) is 0 Å². The molecule has 2 aromatic rings. The van der Waals surface area contributed by atoms with Gasteiger partial charge in [0.1, 0.15) is 0 Å². The summed E-state index contributed by atoms with van der Waals surface area (Å²) in [6.45, 7) is 10.2. The number of fused-ring (bicyclic) bond motifs is 1. The van der Waals surface area contributed by atoms with E-state index in [0.29, 0.717) is 6.04 Å². The van der Waals surface area contributed by atoms with Crippen LogP contribution < -0.4 is 0 Å². The highest BCUT2D eigenvalue weighted by Crippen LogP contribution is 2.39. The largest absolute Gasteiger partial charge is 0.295 e. The van der Waals surface area contributed by atoms with Crippen molar-refractivity contribution in [3.05, 3.63) is 35.7 Å². The summed E-state index contributed by atoms with van der Waals surface area (Å²) < 4.78 is 2.21. The summed E-state index contributed by atoms with van der Waals surface area (Å²) in [6, 6.07) is 9.52. The highest BCUT2D eigenvalue weighted by Gasteiger charge is 2.36. The van der Waals surface area contributed by atoms with Crippen molar-refractivity contribution in [2.45, 2.75) is 70.9 Å². The van der Waals surface area contributed by atoms with Gasteiger partial charge in [0.2, 0.25) is 0 Å². The smallest absolute Gasteiger partial charge is 0.165 e. The summed E-state index contributed by atoms with van der Waals surface area (Å²) >= 11 is 0. The molecule has 0 radical (unpaired) electrons. The molecule has 2 unspecified atom stereocenters. The van der Waals surface area contributed by atoms with Crippen molar-refractivity contribution < 1.29 is 0 Å². The van der Waals surface area contributed by atoms with Gasteiger partial charge < -0.3 is 0 Å². The van der Waals surface area contributed by atoms with Gasteiger partial charge in [-0.15, -0.1) is 0 Å². The zero-order valence-corrected chi connectivity index (χ0v) is 17.0. The molecule has 1 aromatic heterocycles. The molecule has 144 valence electrons. The molecule has 0 N–H and O–H groups in total. The Balaban J connectivity index is 1.38. The lowest BCUT2D eigenvalue weighted by molar-refractivity contribution is 0.295. The third-order valence-electron chi connectivity index (χ3n) is 6.74. The van der Waals surface area contributed by atoms with Gasteiger partial charge in [0.05, 0.1) is 12.6 Å². The Kier molecular flexibility index (Phi) is 4.15. The molecule has 0 bridgehead atoms. The highest BCUT2D eigenvalue weighted by atomic mass is 15.4. The molecule has 5 rings (SSSR count). The predicted molar refractivity (Wildman–Crippen MR) is 109 cm³/mol. The van der Waals surface area contributed by atoms with Crippen molar-refractivity contribution in [2.24, 2.45) is 11.8 Å². The van der Waals surface area contributed by atoms with Gasteiger partial charge in [-0.1, -0.05) is 51.5 Å². The second-order valence-corrected chi connectivity index (χ2v) is 10.00. The van der Waals surface area contributed by atoms with Gasteiger partial charge >= 0.3 is 0 Å². The molecule has 1 aliphatic heterocycles. The highest BCUT2D eigenvalue weighted by molar-refractivity contribution is 5.56. The first-order valence-electron chi connectivity index (χ1n) is 10.8. The number of rotatable bonds is 4. The summed E-state index contributed by atoms with van der Waals surface area (Å²) in [5, 5.41) is 4.94. The summed E-state index contributed by atoms with van der Waals surface area (Å²) in [5.41, 5.74) is 2.75. The van der Waals surface area contributed by atoms with E-state index in [1.165, 1.54) is 56.3 Å². The summed E-state index contributed by atoms with van der Waals surface area (Å²) in [4.78, 5) is 7.59. The van der Waals surface area contributed by atoms with Crippen LogP contribution in [0, 0.1) is 11.8 Å². The summed E-state index contributed by atoms with van der Waals surface area (Å²) in [5.74, 6) is 3.93. The van der Waals surface area contributed by atoms with Crippen molar-refractivity contribution in [2.75, 3.05) is 13.1 Å². The molecule has 2 heterocycles. The fourth-order valence-electron chi connectivity index (χ4n) is 4.99. The molecular formula is C23H32N4. The van der Waals surface area contributed by atoms with E-state index in [4.69, 9.17) is 10.1 Å². The quantitative estimate of drug-likeness (QED) is 0.781. The van der Waals surface area contributed by atoms with E-state index in [9.17, 15) is 0 Å². The predicted octanol–water partition coefficient (Wildman–Crippen LogP) is 4.81. The fraction of sp³-hybridized carbons (Fsp3) is 0.652. The maximum atomic E-state index is 5.00. The third kappa shape index (κ3) is 3.44. The first-order chi connectivity index (χ1) is 13.0. The minimum absolute atomic E-state index is 0.182. The van der Waals surface area contributed by atoms with Crippen molar-refractivity contribution >= 4 is 0 Å². The van der Waals surface area contributed by atoms with Crippen molar-refractivity contribution in [3.63, 3.8) is 0 Å². The molecule has 2 aliphatic carbocycles. The second-order valence-electron chi connectivity index (χ2n) is 10.00. The number of aromatic nitrogens is 3. The van der Waals surface area contributed by atoms with Gasteiger partial charge in [-0.25, -0.2) is 9.67 Å². The number of nitrogens with zero attached hydrogens (tertiary/aromatic N) is 4. The van der Waals surface area contributed by atoms with Crippen molar-refractivity contribution in [3.8, 4) is 11.4 Å². The van der Waals surface area contributed by atoms with Crippen LogP contribution in [-0.4, -0.2) is 32.8 Å². The molecule has 0 spiro atoms. The molecule has 0 amide bonds. The van der Waals surface area contributed by atoms with Crippen LogP contribution in [0.5, 0.6) is 0 Å². The Bertz CT molecular complexity index is 798. The second kappa shape index (κ2) is 6.44. The first kappa shape index (κ1) is 17.4. The topological polar surface area (TPSA) is 34.0 Å². The Morgan fingerprint density at radius 2 is 1.63 bits per heavy atom. The normalized spacial score (nSPS) is 25.9. The summed E-state index contributed by atoms with van der Waals surface area (Å²) in [7, 11) is 0. The molecule has 2 atom stereocenters. The number of hydrogen-bond donors (Lipinski definition) is 0. The molecule has 1 aromatic carbocycles. The Morgan fingerprint density at radius 3 is 2.22 bits per heavy atom. The number of benzene rings is 1. The average molecular weight is 365 g/mol. The van der Waals surface area contributed by atoms with Crippen molar-refractivity contribution in [1.82, 2.24) is 19.7 Å². The zero-order chi connectivity index (χ0) is 18.6. The molecule has 27 heavy (non-hydrogen) atoms. The molecule has 4 nitrogen and oxygen atoms in total. The molecular weight excluding hydrogens is 332 g/mol. The third-order valence-corrected chi connectivity index (χ3v) is 6.74. The number of hydrogen-bond acceptors (Lipinski definition) is 3. The van der Waals surface area contributed by atoms with Crippen LogP contribution in [0.4, 0.5) is 0 Å². The van der Waals surface area contributed by atoms with E-state index in [1.54, 1.807) is 0 Å². The minimum Gasteiger partial charge on any atom is -0.295 e. The van der Waals surface area contributed by atoms with E-state index in [1.807, 2.05) is 0 Å². The van der Waals surface area contributed by atoms with Gasteiger partial charge in [0.25, 0.3) is 0 Å². The van der Waals surface area contributed by atoms with Gasteiger partial charge in [-0.05, 0) is 48.5 Å². The summed E-state index contributed by atoms with van der Waals surface area (Å²) in [6.07, 6.45) is 6.77. The average Bonchev–Trinajstić information content (AvgIpc) is 3.06. The van der Waals surface area contributed by atoms with Gasteiger partial charge in [-0.3, -0.25) is 4.90 Å². The van der Waals surface area contributed by atoms with Crippen LogP contribution in [-0.2, 0) is 12.0 Å². The number of likely N-dealkylation sites (tertiary alicyclic amines) is 1. The van der Waals surface area contributed by atoms with E-state index in [2.05, 4.69) is 54.6 Å². The van der Waals surface area contributed by atoms with E-state index in [-0.39, 0.29) is 5.41 Å². The minimum atomic E-state index is 0.182. The molecule has 3 aliphatic rings. The van der Waals surface area contributed by atoms with Crippen LogP contribution in [0.15, 0.2) is 24.3 Å². The maximum Gasteiger partial charge on any atom is 0.165 e. The maximum absolute atomic E-state index is 5.00. The molecule has 3 fully saturated rings. The lowest BCUT2D eigenvalue weighted by Crippen LogP contribution is -2.22. The van der Waals surface area contributed by atoms with E-state index in [0.717, 1.165) is 30.0 Å². The standard InChI is InChI=1S/C23H32N4/c1-23(2,3)19-9-7-16(8-10-19)22-24-21(25-27(22)20-11-12-20)15-26-13-17-5-4-6-18(17)14-26/h7-10,17-18,20H,4-6,11-15H2,1-3H3. The van der Waals surface area contributed by atoms with Crippen molar-refractivity contribution in [1.29, 1.82) is 0 Å². The van der Waals surface area contributed by atoms with E-state index >= 15 is 0 Å². The Labute approximate surface area is 163 Å². The zero-order valence-electron chi connectivity index (χ0n) is 17.0. The lowest BCUT2D eigenvalue weighted by Gasteiger charge is -2.19. The van der Waals surface area contributed by atoms with Gasteiger partial charge in [-0.2, -0.15) is 5.10 Å². The van der Waals surface area contributed by atoms with Gasteiger partial charge in [0, 0.05) is 18.7 Å². The Morgan fingerprint density at radius 1 is 0.963 bits per heavy atom.